The summed E-state index contributed by atoms with van der Waals surface area (Å²) in [6.07, 6.45) is 1.51. The van der Waals surface area contributed by atoms with E-state index in [1.807, 2.05) is 38.1 Å². The standard InChI is InChI=1S/C20H24F2N2O3S/c1-5-19(15-8-6-13(2)7-9-15)23-20(25)14(3)24(28(4,26)27)16-10-11-17(21)18(22)12-16/h6-12,14,19H,5H2,1-4H3,(H,23,25)/t14-,19+/m0/s1. The first-order chi connectivity index (χ1) is 13.0. The molecule has 2 aromatic carbocycles. The maximum absolute atomic E-state index is 13.6. The van der Waals surface area contributed by atoms with Crippen LogP contribution in [0.5, 0.6) is 0 Å². The molecule has 5 nitrogen and oxygen atoms in total. The van der Waals surface area contributed by atoms with Crippen molar-refractivity contribution in [3.8, 4) is 0 Å². The highest BCUT2D eigenvalue weighted by atomic mass is 32.2. The number of hydrogen-bond acceptors (Lipinski definition) is 3. The van der Waals surface area contributed by atoms with Crippen molar-refractivity contribution in [1.29, 1.82) is 0 Å². The van der Waals surface area contributed by atoms with E-state index in [9.17, 15) is 22.0 Å². The molecule has 0 fully saturated rings. The van der Waals surface area contributed by atoms with Gasteiger partial charge in [0.15, 0.2) is 11.6 Å². The van der Waals surface area contributed by atoms with Gasteiger partial charge in [-0.25, -0.2) is 17.2 Å². The zero-order valence-electron chi connectivity index (χ0n) is 16.2. The molecule has 0 saturated heterocycles. The monoisotopic (exact) mass is 410 g/mol. The maximum atomic E-state index is 13.6. The van der Waals surface area contributed by atoms with E-state index in [4.69, 9.17) is 0 Å². The SMILES string of the molecule is CC[C@@H](NC(=O)[C@H](C)N(c1ccc(F)c(F)c1)S(C)(=O)=O)c1ccc(C)cc1. The number of anilines is 1. The molecular weight excluding hydrogens is 386 g/mol. The van der Waals surface area contributed by atoms with Crippen LogP contribution in [0.25, 0.3) is 0 Å². The summed E-state index contributed by atoms with van der Waals surface area (Å²) in [5.41, 5.74) is 1.86. The number of sulfonamides is 1. The average Bonchev–Trinajstić information content (AvgIpc) is 2.62. The molecule has 0 aromatic heterocycles. The lowest BCUT2D eigenvalue weighted by Gasteiger charge is -2.30. The molecule has 0 bridgehead atoms. The highest BCUT2D eigenvalue weighted by Gasteiger charge is 2.30. The first-order valence-corrected chi connectivity index (χ1v) is 10.7. The fourth-order valence-electron chi connectivity index (χ4n) is 2.94. The van der Waals surface area contributed by atoms with Crippen molar-refractivity contribution in [2.24, 2.45) is 0 Å². The van der Waals surface area contributed by atoms with Crippen molar-refractivity contribution in [1.82, 2.24) is 5.32 Å². The lowest BCUT2D eigenvalue weighted by molar-refractivity contribution is -0.122. The van der Waals surface area contributed by atoms with Crippen molar-refractivity contribution >= 4 is 21.6 Å². The number of nitrogens with one attached hydrogen (secondary N) is 1. The second-order valence-corrected chi connectivity index (χ2v) is 8.57. The van der Waals surface area contributed by atoms with Gasteiger partial charge < -0.3 is 5.32 Å². The van der Waals surface area contributed by atoms with Gasteiger partial charge in [-0.3, -0.25) is 9.10 Å². The molecule has 152 valence electrons. The van der Waals surface area contributed by atoms with E-state index in [0.717, 1.165) is 39.9 Å². The van der Waals surface area contributed by atoms with E-state index in [0.29, 0.717) is 6.42 Å². The van der Waals surface area contributed by atoms with Gasteiger partial charge in [0.25, 0.3) is 0 Å². The number of hydrogen-bond donors (Lipinski definition) is 1. The fraction of sp³-hybridized carbons (Fsp3) is 0.350. The molecule has 2 aromatic rings. The summed E-state index contributed by atoms with van der Waals surface area (Å²) in [6.45, 7) is 5.26. The third kappa shape index (κ3) is 5.07. The minimum atomic E-state index is -3.92. The van der Waals surface area contributed by atoms with Gasteiger partial charge in [0.2, 0.25) is 15.9 Å². The first kappa shape index (κ1) is 21.8. The Morgan fingerprint density at radius 3 is 2.21 bits per heavy atom. The number of rotatable bonds is 7. The number of benzene rings is 2. The summed E-state index contributed by atoms with van der Waals surface area (Å²) in [7, 11) is -3.92. The summed E-state index contributed by atoms with van der Waals surface area (Å²) in [6, 6.07) is 8.92. The Morgan fingerprint density at radius 2 is 1.71 bits per heavy atom. The van der Waals surface area contributed by atoms with Crippen LogP contribution in [0.3, 0.4) is 0 Å². The van der Waals surface area contributed by atoms with Crippen LogP contribution in [-0.4, -0.2) is 26.6 Å². The molecule has 0 unspecified atom stereocenters. The molecule has 1 amide bonds. The normalized spacial score (nSPS) is 13.6. The van der Waals surface area contributed by atoms with Crippen LogP contribution < -0.4 is 9.62 Å². The number of nitrogens with zero attached hydrogens (tertiary/aromatic N) is 1. The molecule has 8 heteroatoms. The van der Waals surface area contributed by atoms with Crippen LogP contribution in [0, 0.1) is 18.6 Å². The molecule has 0 saturated carbocycles. The average molecular weight is 410 g/mol. The van der Waals surface area contributed by atoms with E-state index < -0.39 is 33.6 Å². The molecule has 0 aliphatic heterocycles. The van der Waals surface area contributed by atoms with Crippen LogP contribution in [0.2, 0.25) is 0 Å². The Balaban J connectivity index is 2.30. The highest BCUT2D eigenvalue weighted by molar-refractivity contribution is 7.92. The van der Waals surface area contributed by atoms with Crippen LogP contribution in [0.15, 0.2) is 42.5 Å². The van der Waals surface area contributed by atoms with E-state index in [-0.39, 0.29) is 11.7 Å². The molecule has 0 aliphatic carbocycles. The van der Waals surface area contributed by atoms with Gasteiger partial charge in [0, 0.05) is 6.07 Å². The largest absolute Gasteiger partial charge is 0.347 e. The molecule has 0 radical (unpaired) electrons. The van der Waals surface area contributed by atoms with Crippen molar-refractivity contribution < 1.29 is 22.0 Å². The van der Waals surface area contributed by atoms with Crippen molar-refractivity contribution in [2.45, 2.75) is 39.3 Å². The van der Waals surface area contributed by atoms with E-state index >= 15 is 0 Å². The Bertz CT molecular complexity index is 946. The first-order valence-electron chi connectivity index (χ1n) is 8.86. The van der Waals surface area contributed by atoms with Crippen LogP contribution in [0.4, 0.5) is 14.5 Å². The van der Waals surface area contributed by atoms with Crippen LogP contribution in [0.1, 0.15) is 37.4 Å². The third-order valence-corrected chi connectivity index (χ3v) is 5.69. The summed E-state index contributed by atoms with van der Waals surface area (Å²) in [5.74, 6) is -2.83. The number of aryl methyl sites for hydroxylation is 1. The summed E-state index contributed by atoms with van der Waals surface area (Å²) >= 11 is 0. The molecule has 28 heavy (non-hydrogen) atoms. The topological polar surface area (TPSA) is 66.5 Å². The molecule has 0 spiro atoms. The molecule has 1 N–H and O–H groups in total. The van der Waals surface area contributed by atoms with E-state index in [1.54, 1.807) is 0 Å². The minimum Gasteiger partial charge on any atom is -0.347 e. The maximum Gasteiger partial charge on any atom is 0.244 e. The number of carbonyl (C=O) groups excluding carboxylic acids is 1. The second-order valence-electron chi connectivity index (χ2n) is 6.71. The molecule has 2 atom stereocenters. The fourth-order valence-corrected chi connectivity index (χ4v) is 4.11. The molecular formula is C20H24F2N2O3S. The zero-order chi connectivity index (χ0) is 21.1. The van der Waals surface area contributed by atoms with Crippen molar-refractivity contribution in [2.75, 3.05) is 10.6 Å². The number of carbonyl (C=O) groups is 1. The van der Waals surface area contributed by atoms with E-state index in [2.05, 4.69) is 5.32 Å². The second kappa shape index (κ2) is 8.68. The predicted molar refractivity (Wildman–Crippen MR) is 105 cm³/mol. The molecule has 2 rings (SSSR count). The lowest BCUT2D eigenvalue weighted by Crippen LogP contribution is -2.48. The van der Waals surface area contributed by atoms with Crippen LogP contribution >= 0.6 is 0 Å². The van der Waals surface area contributed by atoms with Gasteiger partial charge in [-0.15, -0.1) is 0 Å². The van der Waals surface area contributed by atoms with Crippen molar-refractivity contribution in [3.63, 3.8) is 0 Å². The Morgan fingerprint density at radius 1 is 1.11 bits per heavy atom. The van der Waals surface area contributed by atoms with Gasteiger partial charge in [-0.2, -0.15) is 0 Å². The quantitative estimate of drug-likeness (QED) is 0.757. The van der Waals surface area contributed by atoms with Gasteiger partial charge in [0.1, 0.15) is 6.04 Å². The third-order valence-electron chi connectivity index (χ3n) is 4.45. The summed E-state index contributed by atoms with van der Waals surface area (Å²) in [4.78, 5) is 12.8. The Kier molecular flexibility index (Phi) is 6.77. The Hall–Kier alpha value is -2.48. The molecule has 0 heterocycles. The Labute approximate surface area is 164 Å². The summed E-state index contributed by atoms with van der Waals surface area (Å²) < 4.78 is 52.2. The number of halogens is 2. The van der Waals surface area contributed by atoms with Gasteiger partial charge >= 0.3 is 0 Å². The molecule has 0 aliphatic rings. The zero-order valence-corrected chi connectivity index (χ0v) is 17.1. The van der Waals surface area contributed by atoms with E-state index in [1.165, 1.54) is 6.92 Å². The smallest absolute Gasteiger partial charge is 0.244 e. The van der Waals surface area contributed by atoms with Gasteiger partial charge in [-0.05, 0) is 38.0 Å². The summed E-state index contributed by atoms with van der Waals surface area (Å²) in [5, 5.41) is 2.84. The highest BCUT2D eigenvalue weighted by Crippen LogP contribution is 2.24. The minimum absolute atomic E-state index is 0.118. The van der Waals surface area contributed by atoms with Crippen molar-refractivity contribution in [3.05, 3.63) is 65.2 Å². The van der Waals surface area contributed by atoms with Gasteiger partial charge in [-0.1, -0.05) is 36.8 Å². The lowest BCUT2D eigenvalue weighted by atomic mass is 10.0. The number of amides is 1. The van der Waals surface area contributed by atoms with Crippen LogP contribution in [-0.2, 0) is 14.8 Å². The van der Waals surface area contributed by atoms with Gasteiger partial charge in [0.05, 0.1) is 18.0 Å². The predicted octanol–water partition coefficient (Wildman–Crippen LogP) is 3.70.